The Hall–Kier alpha value is -4.73. The molecular weight excluding hydrogens is 460 g/mol. The Kier molecular flexibility index (Phi) is 7.54. The van der Waals surface area contributed by atoms with Crippen molar-refractivity contribution in [2.45, 2.75) is 20.0 Å². The van der Waals surface area contributed by atoms with Crippen LogP contribution in [0.4, 0.5) is 5.69 Å². The van der Waals surface area contributed by atoms with Crippen molar-refractivity contribution in [3.8, 4) is 22.9 Å². The van der Waals surface area contributed by atoms with Crippen molar-refractivity contribution in [3.63, 3.8) is 0 Å². The summed E-state index contributed by atoms with van der Waals surface area (Å²) in [4.78, 5) is 26.2. The molecule has 2 N–H and O–H groups in total. The van der Waals surface area contributed by atoms with Gasteiger partial charge < -0.3 is 20.1 Å². The molecule has 0 saturated heterocycles. The van der Waals surface area contributed by atoms with E-state index in [0.717, 1.165) is 11.1 Å². The minimum absolute atomic E-state index is 0.0446. The van der Waals surface area contributed by atoms with E-state index in [-0.39, 0.29) is 18.4 Å². The van der Waals surface area contributed by atoms with Gasteiger partial charge in [-0.15, -0.1) is 10.2 Å². The highest BCUT2D eigenvalue weighted by atomic mass is 16.5. The van der Waals surface area contributed by atoms with Crippen molar-refractivity contribution in [2.24, 2.45) is 0 Å². The number of aryl methyl sites for hydroxylation is 1. The lowest BCUT2D eigenvalue weighted by Gasteiger charge is -2.09. The smallest absolute Gasteiger partial charge is 0.255 e. The first kappa shape index (κ1) is 24.4. The normalized spacial score (nSPS) is 10.5. The van der Waals surface area contributed by atoms with Gasteiger partial charge in [0.1, 0.15) is 18.0 Å². The van der Waals surface area contributed by atoms with Crippen LogP contribution >= 0.6 is 0 Å². The predicted octanol–water partition coefficient (Wildman–Crippen LogP) is 3.23. The molecule has 0 aliphatic carbocycles. The molecule has 3 aromatic carbocycles. The molecule has 0 bridgehead atoms. The lowest BCUT2D eigenvalue weighted by Crippen LogP contribution is -2.28. The van der Waals surface area contributed by atoms with Gasteiger partial charge in [-0.1, -0.05) is 29.8 Å². The summed E-state index contributed by atoms with van der Waals surface area (Å²) in [5, 5.41) is 18.0. The van der Waals surface area contributed by atoms with Gasteiger partial charge in [0.05, 0.1) is 14.2 Å². The van der Waals surface area contributed by atoms with Gasteiger partial charge in [-0.25, -0.2) is 0 Å². The van der Waals surface area contributed by atoms with E-state index in [9.17, 15) is 9.59 Å². The van der Waals surface area contributed by atoms with Crippen LogP contribution < -0.4 is 20.1 Å². The van der Waals surface area contributed by atoms with E-state index in [1.807, 2.05) is 31.2 Å². The molecule has 0 atom stereocenters. The molecule has 0 spiro atoms. The summed E-state index contributed by atoms with van der Waals surface area (Å²) in [5.74, 6) is 0.893. The fourth-order valence-corrected chi connectivity index (χ4v) is 3.36. The molecule has 1 aromatic heterocycles. The molecule has 0 aliphatic rings. The third-order valence-corrected chi connectivity index (χ3v) is 5.36. The highest BCUT2D eigenvalue weighted by Crippen LogP contribution is 2.24. The van der Waals surface area contributed by atoms with Crippen molar-refractivity contribution < 1.29 is 19.1 Å². The second kappa shape index (κ2) is 11.1. The summed E-state index contributed by atoms with van der Waals surface area (Å²) >= 11 is 0. The summed E-state index contributed by atoms with van der Waals surface area (Å²) in [6.45, 7) is 2.40. The average Bonchev–Trinajstić information content (AvgIpc) is 3.36. The zero-order valence-electron chi connectivity index (χ0n) is 20.2. The predicted molar refractivity (Wildman–Crippen MR) is 134 cm³/mol. The highest BCUT2D eigenvalue weighted by molar-refractivity contribution is 6.04. The maximum Gasteiger partial charge on any atom is 0.255 e. The Morgan fingerprint density at radius 3 is 2.22 bits per heavy atom. The van der Waals surface area contributed by atoms with E-state index in [2.05, 4.69) is 26.0 Å². The number of ether oxygens (including phenoxy) is 2. The van der Waals surface area contributed by atoms with Crippen LogP contribution in [-0.2, 0) is 17.9 Å². The molecule has 0 radical (unpaired) electrons. The summed E-state index contributed by atoms with van der Waals surface area (Å²) < 4.78 is 10.4. The fourth-order valence-electron chi connectivity index (χ4n) is 3.36. The van der Waals surface area contributed by atoms with Crippen molar-refractivity contribution in [3.05, 3.63) is 83.4 Å². The first-order chi connectivity index (χ1) is 17.4. The molecule has 2 amide bonds. The number of hydrogen-bond donors (Lipinski definition) is 2. The van der Waals surface area contributed by atoms with Gasteiger partial charge in [0, 0.05) is 29.4 Å². The van der Waals surface area contributed by atoms with Crippen LogP contribution in [0, 0.1) is 6.92 Å². The number of amides is 2. The third kappa shape index (κ3) is 6.23. The summed E-state index contributed by atoms with van der Waals surface area (Å²) in [6, 6.07) is 19.9. The second-order valence-corrected chi connectivity index (χ2v) is 8.04. The van der Waals surface area contributed by atoms with Crippen molar-refractivity contribution in [1.29, 1.82) is 0 Å². The monoisotopic (exact) mass is 486 g/mol. The molecule has 4 aromatic rings. The van der Waals surface area contributed by atoms with Gasteiger partial charge in [-0.3, -0.25) is 9.59 Å². The SMILES string of the molecule is COc1cc(OC)cc(C(=O)Nc2ccc(-c3nnn(CC(=O)NCc4ccc(C)cc4)n3)cc2)c1. The number of anilines is 1. The molecule has 10 heteroatoms. The van der Waals surface area contributed by atoms with Gasteiger partial charge in [0.2, 0.25) is 11.7 Å². The molecule has 0 saturated carbocycles. The first-order valence-corrected chi connectivity index (χ1v) is 11.2. The van der Waals surface area contributed by atoms with Crippen molar-refractivity contribution in [2.75, 3.05) is 19.5 Å². The number of benzene rings is 3. The van der Waals surface area contributed by atoms with Gasteiger partial charge in [-0.05, 0) is 54.1 Å². The Morgan fingerprint density at radius 2 is 1.58 bits per heavy atom. The highest BCUT2D eigenvalue weighted by Gasteiger charge is 2.12. The number of rotatable bonds is 9. The van der Waals surface area contributed by atoms with Crippen LogP contribution in [0.1, 0.15) is 21.5 Å². The second-order valence-electron chi connectivity index (χ2n) is 8.04. The molecule has 0 fully saturated rings. The Labute approximate surface area is 208 Å². The Balaban J connectivity index is 1.34. The number of tetrazole rings is 1. The largest absolute Gasteiger partial charge is 0.497 e. The van der Waals surface area contributed by atoms with E-state index in [1.165, 1.54) is 19.0 Å². The number of methoxy groups -OCH3 is 2. The van der Waals surface area contributed by atoms with Gasteiger partial charge in [0.25, 0.3) is 5.91 Å². The fraction of sp³-hybridized carbons (Fsp3) is 0.192. The Bertz CT molecular complexity index is 1330. The summed E-state index contributed by atoms with van der Waals surface area (Å²) in [5.41, 5.74) is 3.87. The summed E-state index contributed by atoms with van der Waals surface area (Å²) in [7, 11) is 3.05. The lowest BCUT2D eigenvalue weighted by atomic mass is 10.1. The number of carbonyl (C=O) groups excluding carboxylic acids is 2. The zero-order valence-corrected chi connectivity index (χ0v) is 20.2. The van der Waals surface area contributed by atoms with Gasteiger partial charge in [-0.2, -0.15) is 4.80 Å². The van der Waals surface area contributed by atoms with E-state index < -0.39 is 0 Å². The quantitative estimate of drug-likeness (QED) is 0.373. The van der Waals surface area contributed by atoms with Crippen LogP contribution in [0.15, 0.2) is 66.7 Å². The van der Waals surface area contributed by atoms with Crippen LogP contribution in [-0.4, -0.2) is 46.2 Å². The molecule has 0 aliphatic heterocycles. The molecule has 36 heavy (non-hydrogen) atoms. The summed E-state index contributed by atoms with van der Waals surface area (Å²) in [6.07, 6.45) is 0. The van der Waals surface area contributed by atoms with Gasteiger partial charge >= 0.3 is 0 Å². The molecule has 10 nitrogen and oxygen atoms in total. The van der Waals surface area contributed by atoms with Crippen LogP contribution in [0.2, 0.25) is 0 Å². The van der Waals surface area contributed by atoms with E-state index >= 15 is 0 Å². The van der Waals surface area contributed by atoms with E-state index in [1.54, 1.807) is 42.5 Å². The number of hydrogen-bond acceptors (Lipinski definition) is 7. The first-order valence-electron chi connectivity index (χ1n) is 11.2. The molecule has 4 rings (SSSR count). The zero-order chi connectivity index (χ0) is 25.5. The van der Waals surface area contributed by atoms with E-state index in [4.69, 9.17) is 9.47 Å². The molecular formula is C26H26N6O4. The topological polar surface area (TPSA) is 120 Å². The standard InChI is InChI=1S/C26H26N6O4/c1-17-4-6-18(7-5-17)15-27-24(33)16-32-30-25(29-31-32)19-8-10-21(11-9-19)28-26(34)20-12-22(35-2)14-23(13-20)36-3/h4-14H,15-16H2,1-3H3,(H,27,33)(H,28,34). The minimum Gasteiger partial charge on any atom is -0.497 e. The number of nitrogens with zero attached hydrogens (tertiary/aromatic N) is 4. The van der Waals surface area contributed by atoms with Crippen molar-refractivity contribution in [1.82, 2.24) is 25.5 Å². The number of nitrogens with one attached hydrogen (secondary N) is 2. The lowest BCUT2D eigenvalue weighted by molar-refractivity contribution is -0.122. The minimum atomic E-state index is -0.305. The maximum absolute atomic E-state index is 12.7. The van der Waals surface area contributed by atoms with Crippen molar-refractivity contribution >= 4 is 17.5 Å². The molecule has 0 unspecified atom stereocenters. The van der Waals surface area contributed by atoms with Gasteiger partial charge in [0.15, 0.2) is 0 Å². The molecule has 1 heterocycles. The van der Waals surface area contributed by atoms with Crippen LogP contribution in [0.3, 0.4) is 0 Å². The average molecular weight is 487 g/mol. The maximum atomic E-state index is 12.7. The third-order valence-electron chi connectivity index (χ3n) is 5.36. The number of carbonyl (C=O) groups is 2. The Morgan fingerprint density at radius 1 is 0.917 bits per heavy atom. The van der Waals surface area contributed by atoms with E-state index in [0.29, 0.717) is 40.7 Å². The van der Waals surface area contributed by atoms with Crippen LogP contribution in [0.5, 0.6) is 11.5 Å². The van der Waals surface area contributed by atoms with Crippen LogP contribution in [0.25, 0.3) is 11.4 Å². The number of aromatic nitrogens is 4. The molecule has 184 valence electrons.